The SMILES string of the molecule is O=C(/C=C/c1ccc(-c2cccc3ccccc23)cc1)[C]1[CH][CH][CH][CH]1.[CH]1[CH][CH][CH][CH]1.[Fe+2]. The fourth-order valence-corrected chi connectivity index (χ4v) is 3.38. The van der Waals surface area contributed by atoms with Gasteiger partial charge in [0.15, 0.2) is 5.78 Å². The Labute approximate surface area is 197 Å². The van der Waals surface area contributed by atoms with Crippen LogP contribution < -0.4 is 0 Å². The van der Waals surface area contributed by atoms with Crippen LogP contribution in [0, 0.1) is 63.7 Å². The van der Waals surface area contributed by atoms with E-state index in [-0.39, 0.29) is 22.9 Å². The topological polar surface area (TPSA) is 17.1 Å². The van der Waals surface area contributed by atoms with Crippen molar-refractivity contribution in [2.24, 2.45) is 0 Å². The van der Waals surface area contributed by atoms with E-state index in [1.807, 2.05) is 76.0 Å². The third-order valence-corrected chi connectivity index (χ3v) is 4.94. The predicted octanol–water partition coefficient (Wildman–Crippen LogP) is 6.51. The van der Waals surface area contributed by atoms with Gasteiger partial charge in [0.05, 0.1) is 5.92 Å². The van der Waals surface area contributed by atoms with Gasteiger partial charge in [-0.2, -0.15) is 0 Å². The molecule has 0 atom stereocenters. The molecule has 0 saturated heterocycles. The average Bonchev–Trinajstić information content (AvgIpc) is 3.55. The van der Waals surface area contributed by atoms with E-state index in [1.54, 1.807) is 6.08 Å². The molecule has 0 N–H and O–H groups in total. The van der Waals surface area contributed by atoms with Crippen LogP contribution in [0.4, 0.5) is 0 Å². The van der Waals surface area contributed by atoms with Crippen LogP contribution >= 0.6 is 0 Å². The van der Waals surface area contributed by atoms with E-state index in [0.717, 1.165) is 11.5 Å². The van der Waals surface area contributed by atoms with Gasteiger partial charge >= 0.3 is 17.1 Å². The van der Waals surface area contributed by atoms with E-state index in [2.05, 4.69) is 54.6 Å². The normalized spacial score (nSPS) is 16.1. The molecule has 0 bridgehead atoms. The molecule has 2 fully saturated rings. The van der Waals surface area contributed by atoms with Gasteiger partial charge in [0.2, 0.25) is 0 Å². The van der Waals surface area contributed by atoms with Crippen LogP contribution in [0.15, 0.2) is 72.8 Å². The Hall–Kier alpha value is -2.15. The molecule has 1 nitrogen and oxygen atoms in total. The maximum absolute atomic E-state index is 12.0. The second-order valence-corrected chi connectivity index (χ2v) is 6.98. The van der Waals surface area contributed by atoms with Crippen LogP contribution in [0.25, 0.3) is 28.0 Å². The summed E-state index contributed by atoms with van der Waals surface area (Å²) in [5, 5.41) is 2.49. The molecule has 2 aliphatic carbocycles. The van der Waals surface area contributed by atoms with Gasteiger partial charge < -0.3 is 0 Å². The van der Waals surface area contributed by atoms with Crippen LogP contribution in [0.5, 0.6) is 0 Å². The smallest absolute Gasteiger partial charge is 0.294 e. The van der Waals surface area contributed by atoms with Gasteiger partial charge in [-0.1, -0.05) is 72.8 Å². The molecule has 0 aliphatic heterocycles. The van der Waals surface area contributed by atoms with E-state index in [9.17, 15) is 4.79 Å². The molecule has 2 aliphatic rings. The van der Waals surface area contributed by atoms with Gasteiger partial charge in [-0.25, -0.2) is 0 Å². The molecule has 3 aromatic carbocycles. The Balaban J connectivity index is 0.000000401. The van der Waals surface area contributed by atoms with Crippen LogP contribution in [-0.2, 0) is 21.9 Å². The average molecular weight is 442 g/mol. The van der Waals surface area contributed by atoms with Crippen molar-refractivity contribution >= 4 is 22.6 Å². The fraction of sp³-hybridized carbons (Fsp3) is 0. The summed E-state index contributed by atoms with van der Waals surface area (Å²) in [5.74, 6) is 0.756. The summed E-state index contributed by atoms with van der Waals surface area (Å²) in [6.07, 6.45) is 20.9. The van der Waals surface area contributed by atoms with Crippen LogP contribution in [0.2, 0.25) is 0 Å². The number of rotatable bonds is 4. The first kappa shape index (κ1) is 23.5. The maximum atomic E-state index is 12.0. The molecule has 0 unspecified atom stereocenters. The van der Waals surface area contributed by atoms with Crippen molar-refractivity contribution in [2.75, 3.05) is 0 Å². The molecule has 0 heterocycles. The molecule has 10 radical (unpaired) electrons. The van der Waals surface area contributed by atoms with E-state index in [0.29, 0.717) is 0 Å². The largest absolute Gasteiger partial charge is 2.00 e. The molecule has 3 aromatic rings. The molecule has 150 valence electrons. The number of hydrogen-bond acceptors (Lipinski definition) is 1. The molecule has 2 saturated carbocycles. The number of carbonyl (C=O) groups is 1. The minimum Gasteiger partial charge on any atom is -0.294 e. The molecular weight excluding hydrogens is 420 g/mol. The van der Waals surface area contributed by atoms with Gasteiger partial charge in [-0.3, -0.25) is 4.79 Å². The van der Waals surface area contributed by atoms with Crippen molar-refractivity contribution in [3.8, 4) is 11.1 Å². The molecule has 0 spiro atoms. The van der Waals surface area contributed by atoms with Gasteiger partial charge in [0, 0.05) is 0 Å². The van der Waals surface area contributed by atoms with Crippen molar-refractivity contribution in [1.29, 1.82) is 0 Å². The van der Waals surface area contributed by atoms with Gasteiger partial charge in [-0.15, -0.1) is 0 Å². The Morgan fingerprint density at radius 1 is 0.645 bits per heavy atom. The number of carbonyl (C=O) groups excluding carboxylic acids is 1. The van der Waals surface area contributed by atoms with Crippen molar-refractivity contribution in [1.82, 2.24) is 0 Å². The van der Waals surface area contributed by atoms with E-state index in [4.69, 9.17) is 0 Å². The third kappa shape index (κ3) is 6.42. The Bertz CT molecular complexity index is 980. The van der Waals surface area contributed by atoms with E-state index in [1.165, 1.54) is 21.9 Å². The van der Waals surface area contributed by atoms with Crippen molar-refractivity contribution in [3.05, 3.63) is 142 Å². The summed E-state index contributed by atoms with van der Waals surface area (Å²) in [4.78, 5) is 12.0. The predicted molar refractivity (Wildman–Crippen MR) is 125 cm³/mol. The van der Waals surface area contributed by atoms with Crippen LogP contribution in [-0.4, -0.2) is 5.78 Å². The quantitative estimate of drug-likeness (QED) is 0.332. The Morgan fingerprint density at radius 3 is 1.94 bits per heavy atom. The summed E-state index contributed by atoms with van der Waals surface area (Å²) in [6.45, 7) is 0. The number of benzene rings is 3. The summed E-state index contributed by atoms with van der Waals surface area (Å²) < 4.78 is 0. The zero-order chi connectivity index (χ0) is 20.6. The summed E-state index contributed by atoms with van der Waals surface area (Å²) in [6, 6.07) is 23.1. The van der Waals surface area contributed by atoms with Gasteiger partial charge in [-0.05, 0) is 91.3 Å². The molecule has 31 heavy (non-hydrogen) atoms. The number of fused-ring (bicyclic) bond motifs is 1. The summed E-state index contributed by atoms with van der Waals surface area (Å²) in [7, 11) is 0. The second-order valence-electron chi connectivity index (χ2n) is 6.98. The fourth-order valence-electron chi connectivity index (χ4n) is 3.38. The number of allylic oxidation sites excluding steroid dienone is 1. The molecular formula is C29H22FeO+2. The molecule has 0 amide bonds. The minimum absolute atomic E-state index is 0. The maximum Gasteiger partial charge on any atom is 2.00 e. The van der Waals surface area contributed by atoms with Gasteiger partial charge in [0.1, 0.15) is 0 Å². The van der Waals surface area contributed by atoms with Gasteiger partial charge in [0.25, 0.3) is 0 Å². The van der Waals surface area contributed by atoms with Crippen LogP contribution in [0.1, 0.15) is 5.56 Å². The molecule has 0 aromatic heterocycles. The molecule has 5 rings (SSSR count). The van der Waals surface area contributed by atoms with Crippen molar-refractivity contribution < 1.29 is 21.9 Å². The first-order valence-electron chi connectivity index (χ1n) is 10.0. The Morgan fingerprint density at radius 2 is 1.26 bits per heavy atom. The van der Waals surface area contributed by atoms with Crippen molar-refractivity contribution in [2.45, 2.75) is 0 Å². The summed E-state index contributed by atoms with van der Waals surface area (Å²) >= 11 is 0. The first-order valence-corrected chi connectivity index (χ1v) is 10.0. The summed E-state index contributed by atoms with van der Waals surface area (Å²) in [5.41, 5.74) is 3.42. The van der Waals surface area contributed by atoms with Crippen LogP contribution in [0.3, 0.4) is 0 Å². The third-order valence-electron chi connectivity index (χ3n) is 4.94. The van der Waals surface area contributed by atoms with E-state index >= 15 is 0 Å². The second kappa shape index (κ2) is 12.0. The minimum atomic E-state index is 0. The first-order chi connectivity index (χ1) is 14.8. The molecule has 2 heteroatoms. The standard InChI is InChI=1S/C24H17O.C5H5.Fe/c25-24(21-7-1-2-8-21)17-14-18-12-15-20(16-13-18)23-11-5-9-19-6-3-4-10-22(19)23;1-2-4-5-3-1;/h1-17H;1-5H;/q;;+2/b17-14+;;. The monoisotopic (exact) mass is 442 g/mol. The van der Waals surface area contributed by atoms with Crippen molar-refractivity contribution in [3.63, 3.8) is 0 Å². The Kier molecular flexibility index (Phi) is 9.12. The number of ketones is 1. The zero-order valence-corrected chi connectivity index (χ0v) is 18.1. The zero-order valence-electron chi connectivity index (χ0n) is 17.0. The number of hydrogen-bond donors (Lipinski definition) is 0. The van der Waals surface area contributed by atoms with E-state index < -0.39 is 0 Å².